The molecule has 0 saturated carbocycles. The molecule has 0 atom stereocenters. The fourth-order valence-corrected chi connectivity index (χ4v) is 0.814. The first kappa shape index (κ1) is 12.9. The molecule has 0 unspecified atom stereocenters. The van der Waals surface area contributed by atoms with Gasteiger partial charge < -0.3 is 9.47 Å². The van der Waals surface area contributed by atoms with Crippen molar-refractivity contribution in [2.24, 2.45) is 0 Å². The van der Waals surface area contributed by atoms with Crippen LogP contribution >= 0.6 is 0 Å². The van der Waals surface area contributed by atoms with Crippen LogP contribution in [0.15, 0.2) is 0 Å². The Hall–Kier alpha value is -1.06. The van der Waals surface area contributed by atoms with E-state index in [1.165, 1.54) is 0 Å². The Bertz CT molecular complexity index is 187. The van der Waals surface area contributed by atoms with E-state index in [2.05, 4.69) is 0 Å². The molecule has 82 valence electrons. The van der Waals surface area contributed by atoms with Gasteiger partial charge in [0.05, 0.1) is 25.6 Å². The summed E-state index contributed by atoms with van der Waals surface area (Å²) in [5.74, 6) is -0.694. The van der Waals surface area contributed by atoms with Gasteiger partial charge in [-0.3, -0.25) is 9.59 Å². The van der Waals surface area contributed by atoms with Gasteiger partial charge in [-0.1, -0.05) is 6.92 Å². The van der Waals surface area contributed by atoms with Crippen LogP contribution in [0, 0.1) is 0 Å². The molecule has 14 heavy (non-hydrogen) atoms. The first-order valence-electron chi connectivity index (χ1n) is 4.91. The quantitative estimate of drug-likeness (QED) is 0.615. The summed E-state index contributed by atoms with van der Waals surface area (Å²) in [7, 11) is 0. The Morgan fingerprint density at radius 2 is 1.71 bits per heavy atom. The molecule has 0 radical (unpaired) electrons. The summed E-state index contributed by atoms with van der Waals surface area (Å²) in [6.45, 7) is 5.87. The summed E-state index contributed by atoms with van der Waals surface area (Å²) < 4.78 is 9.66. The largest absolute Gasteiger partial charge is 0.466 e. The topological polar surface area (TPSA) is 52.6 Å². The second-order valence-corrected chi connectivity index (χ2v) is 3.26. The minimum Gasteiger partial charge on any atom is -0.466 e. The van der Waals surface area contributed by atoms with Crippen molar-refractivity contribution in [2.45, 2.75) is 46.1 Å². The van der Waals surface area contributed by atoms with Gasteiger partial charge in [-0.15, -0.1) is 0 Å². The van der Waals surface area contributed by atoms with E-state index >= 15 is 0 Å². The van der Waals surface area contributed by atoms with E-state index in [1.54, 1.807) is 13.8 Å². The molecule has 0 saturated heterocycles. The lowest BCUT2D eigenvalue weighted by Crippen LogP contribution is -2.14. The molecule has 4 nitrogen and oxygen atoms in total. The van der Waals surface area contributed by atoms with Gasteiger partial charge in [-0.2, -0.15) is 0 Å². The Labute approximate surface area is 84.6 Å². The highest BCUT2D eigenvalue weighted by Crippen LogP contribution is 1.99. The summed E-state index contributed by atoms with van der Waals surface area (Å²) >= 11 is 0. The van der Waals surface area contributed by atoms with Crippen LogP contribution < -0.4 is 0 Å². The van der Waals surface area contributed by atoms with Crippen LogP contribution in [0.3, 0.4) is 0 Å². The maximum Gasteiger partial charge on any atom is 0.306 e. The molecule has 0 heterocycles. The van der Waals surface area contributed by atoms with Crippen molar-refractivity contribution in [3.8, 4) is 0 Å². The van der Waals surface area contributed by atoms with Crippen LogP contribution in [0.4, 0.5) is 0 Å². The third-order valence-corrected chi connectivity index (χ3v) is 1.37. The SMILES string of the molecule is CCCOC(=O)CCC(=O)OC(C)C. The Balaban J connectivity index is 3.51. The summed E-state index contributed by atoms with van der Waals surface area (Å²) in [6, 6.07) is 0. The number of hydrogen-bond acceptors (Lipinski definition) is 4. The summed E-state index contributed by atoms with van der Waals surface area (Å²) in [5.41, 5.74) is 0. The minimum absolute atomic E-state index is 0.0979. The molecule has 0 aromatic rings. The van der Waals surface area contributed by atoms with Gasteiger partial charge in [0, 0.05) is 0 Å². The fourth-order valence-electron chi connectivity index (χ4n) is 0.814. The van der Waals surface area contributed by atoms with E-state index in [1.807, 2.05) is 6.92 Å². The number of esters is 2. The molecule has 0 bridgehead atoms. The molecule has 0 aliphatic rings. The van der Waals surface area contributed by atoms with Gasteiger partial charge in [0.25, 0.3) is 0 Å². The molecule has 0 rings (SSSR count). The van der Waals surface area contributed by atoms with E-state index in [0.29, 0.717) is 6.61 Å². The second kappa shape index (κ2) is 7.35. The number of carbonyl (C=O) groups excluding carboxylic acids is 2. The molecule has 4 heteroatoms. The predicted molar refractivity (Wildman–Crippen MR) is 51.7 cm³/mol. The normalized spacial score (nSPS) is 10.0. The molecule has 0 amide bonds. The van der Waals surface area contributed by atoms with Crippen LogP contribution in [0.1, 0.15) is 40.0 Å². The molecule has 0 aromatic carbocycles. The van der Waals surface area contributed by atoms with E-state index in [9.17, 15) is 9.59 Å². The van der Waals surface area contributed by atoms with Crippen LogP contribution in [0.5, 0.6) is 0 Å². The van der Waals surface area contributed by atoms with E-state index < -0.39 is 0 Å². The first-order chi connectivity index (χ1) is 6.56. The predicted octanol–water partition coefficient (Wildman–Crippen LogP) is 1.67. The molecule has 0 aliphatic heterocycles. The fraction of sp³-hybridized carbons (Fsp3) is 0.800. The lowest BCUT2D eigenvalue weighted by atomic mass is 10.3. The van der Waals surface area contributed by atoms with Crippen LogP contribution in [-0.4, -0.2) is 24.6 Å². The van der Waals surface area contributed by atoms with Crippen molar-refractivity contribution < 1.29 is 19.1 Å². The summed E-state index contributed by atoms with van der Waals surface area (Å²) in [5, 5.41) is 0. The van der Waals surface area contributed by atoms with Gasteiger partial charge in [0.2, 0.25) is 0 Å². The highest BCUT2D eigenvalue weighted by atomic mass is 16.5. The van der Waals surface area contributed by atoms with Gasteiger partial charge in [0.15, 0.2) is 0 Å². The maximum absolute atomic E-state index is 11.0. The van der Waals surface area contributed by atoms with Crippen molar-refractivity contribution in [1.29, 1.82) is 0 Å². The smallest absolute Gasteiger partial charge is 0.306 e. The molecular weight excluding hydrogens is 184 g/mol. The van der Waals surface area contributed by atoms with E-state index in [4.69, 9.17) is 9.47 Å². The third-order valence-electron chi connectivity index (χ3n) is 1.37. The Morgan fingerprint density at radius 3 is 2.21 bits per heavy atom. The highest BCUT2D eigenvalue weighted by molar-refractivity contribution is 5.77. The monoisotopic (exact) mass is 202 g/mol. The van der Waals surface area contributed by atoms with Crippen molar-refractivity contribution in [1.82, 2.24) is 0 Å². The van der Waals surface area contributed by atoms with Crippen LogP contribution in [0.25, 0.3) is 0 Å². The van der Waals surface area contributed by atoms with E-state index in [0.717, 1.165) is 6.42 Å². The van der Waals surface area contributed by atoms with Crippen molar-refractivity contribution >= 4 is 11.9 Å². The number of carbonyl (C=O) groups is 2. The van der Waals surface area contributed by atoms with Gasteiger partial charge in [-0.25, -0.2) is 0 Å². The molecule has 0 fully saturated rings. The lowest BCUT2D eigenvalue weighted by molar-refractivity contribution is -0.152. The second-order valence-electron chi connectivity index (χ2n) is 3.26. The maximum atomic E-state index is 11.0. The zero-order valence-electron chi connectivity index (χ0n) is 9.04. The average molecular weight is 202 g/mol. The summed E-state index contributed by atoms with van der Waals surface area (Å²) in [6.07, 6.45) is 0.864. The lowest BCUT2D eigenvalue weighted by Gasteiger charge is -2.07. The van der Waals surface area contributed by atoms with Crippen LogP contribution in [0.2, 0.25) is 0 Å². The minimum atomic E-state index is -0.353. The molecule has 0 aliphatic carbocycles. The molecule has 0 aromatic heterocycles. The van der Waals surface area contributed by atoms with Gasteiger partial charge >= 0.3 is 11.9 Å². The third kappa shape index (κ3) is 7.58. The number of hydrogen-bond donors (Lipinski definition) is 0. The van der Waals surface area contributed by atoms with Gasteiger partial charge in [-0.05, 0) is 20.3 Å². The van der Waals surface area contributed by atoms with Crippen molar-refractivity contribution in [3.05, 3.63) is 0 Å². The molecule has 0 spiro atoms. The number of rotatable bonds is 6. The average Bonchev–Trinajstić information content (AvgIpc) is 2.10. The highest BCUT2D eigenvalue weighted by Gasteiger charge is 2.09. The molecule has 0 N–H and O–H groups in total. The Morgan fingerprint density at radius 1 is 1.14 bits per heavy atom. The standard InChI is InChI=1S/C10H18O4/c1-4-7-13-9(11)5-6-10(12)14-8(2)3/h8H,4-7H2,1-3H3. The van der Waals surface area contributed by atoms with Crippen LogP contribution in [-0.2, 0) is 19.1 Å². The Kier molecular flexibility index (Phi) is 6.80. The summed E-state index contributed by atoms with van der Waals surface area (Å²) in [4.78, 5) is 22.0. The zero-order chi connectivity index (χ0) is 11.0. The first-order valence-corrected chi connectivity index (χ1v) is 4.91. The van der Waals surface area contributed by atoms with E-state index in [-0.39, 0.29) is 30.9 Å². The van der Waals surface area contributed by atoms with Gasteiger partial charge in [0.1, 0.15) is 0 Å². The van der Waals surface area contributed by atoms with Crippen molar-refractivity contribution in [2.75, 3.05) is 6.61 Å². The zero-order valence-corrected chi connectivity index (χ0v) is 9.04. The molecular formula is C10H18O4. The van der Waals surface area contributed by atoms with Crippen molar-refractivity contribution in [3.63, 3.8) is 0 Å². The number of ether oxygens (including phenoxy) is 2.